The van der Waals surface area contributed by atoms with Crippen molar-refractivity contribution in [1.29, 1.82) is 0 Å². The van der Waals surface area contributed by atoms with Gasteiger partial charge in [-0.15, -0.1) is 0 Å². The minimum Gasteiger partial charge on any atom is -0.489 e. The first-order valence-electron chi connectivity index (χ1n) is 8.53. The van der Waals surface area contributed by atoms with Crippen molar-refractivity contribution in [2.24, 2.45) is 5.10 Å². The molecule has 1 amide bonds. The third kappa shape index (κ3) is 4.73. The molecule has 0 unspecified atom stereocenters. The van der Waals surface area contributed by atoms with Gasteiger partial charge in [0.25, 0.3) is 5.91 Å². The van der Waals surface area contributed by atoms with Crippen LogP contribution in [0.1, 0.15) is 41.3 Å². The molecule has 1 N–H and O–H groups in total. The van der Waals surface area contributed by atoms with Gasteiger partial charge >= 0.3 is 0 Å². The van der Waals surface area contributed by atoms with Crippen molar-refractivity contribution in [1.82, 2.24) is 5.43 Å². The van der Waals surface area contributed by atoms with Gasteiger partial charge < -0.3 is 4.74 Å². The largest absolute Gasteiger partial charge is 0.489 e. The molecule has 0 radical (unpaired) electrons. The molecule has 5 heteroatoms. The van der Waals surface area contributed by atoms with Crippen LogP contribution in [0.25, 0.3) is 0 Å². The molecule has 1 aliphatic carbocycles. The Hall–Kier alpha value is -2.59. The predicted molar refractivity (Wildman–Crippen MR) is 105 cm³/mol. The van der Waals surface area contributed by atoms with E-state index in [0.717, 1.165) is 40.5 Å². The van der Waals surface area contributed by atoms with E-state index in [1.165, 1.54) is 5.57 Å². The molecule has 2 aromatic carbocycles. The van der Waals surface area contributed by atoms with E-state index in [1.807, 2.05) is 43.3 Å². The van der Waals surface area contributed by atoms with Crippen molar-refractivity contribution in [3.63, 3.8) is 0 Å². The highest BCUT2D eigenvalue weighted by molar-refractivity contribution is 6.31. The Kier molecular flexibility index (Phi) is 5.74. The number of halogens is 1. The predicted octanol–water partition coefficient (Wildman–Crippen LogP) is 5.05. The quantitative estimate of drug-likeness (QED) is 0.750. The zero-order chi connectivity index (χ0) is 18.5. The minimum absolute atomic E-state index is 0.212. The molecular formula is C21H21ClN2O2. The maximum absolute atomic E-state index is 12.2. The van der Waals surface area contributed by atoms with Crippen molar-refractivity contribution in [2.75, 3.05) is 0 Å². The Balaban J connectivity index is 1.56. The summed E-state index contributed by atoms with van der Waals surface area (Å²) in [6.07, 6.45) is 3.91. The highest BCUT2D eigenvalue weighted by atomic mass is 35.5. The van der Waals surface area contributed by atoms with Crippen LogP contribution in [0.4, 0.5) is 0 Å². The fourth-order valence-corrected chi connectivity index (χ4v) is 2.77. The van der Waals surface area contributed by atoms with Crippen LogP contribution in [0.2, 0.25) is 5.02 Å². The first kappa shape index (κ1) is 18.2. The highest BCUT2D eigenvalue weighted by Crippen LogP contribution is 2.22. The van der Waals surface area contributed by atoms with Gasteiger partial charge in [0.05, 0.1) is 5.71 Å². The number of hydrogen-bond donors (Lipinski definition) is 1. The standard InChI is InChI=1S/C21H21ClN2O2/c1-14-3-8-18(11-14)23-24-21(25)17-6-4-16(5-7-17)13-26-19-9-10-20(22)15(2)12-19/h4-7,9-12H,3,8,13H2,1-2H3,(H,24,25)/b23-18+. The summed E-state index contributed by atoms with van der Waals surface area (Å²) >= 11 is 6.01. The van der Waals surface area contributed by atoms with E-state index >= 15 is 0 Å². The second kappa shape index (κ2) is 8.19. The Morgan fingerprint density at radius 3 is 2.58 bits per heavy atom. The lowest BCUT2D eigenvalue weighted by molar-refractivity contribution is 0.0954. The fraction of sp³-hybridized carbons (Fsp3) is 0.238. The number of carbonyl (C=O) groups excluding carboxylic acids is 1. The maximum atomic E-state index is 12.2. The van der Waals surface area contributed by atoms with Gasteiger partial charge in [-0.1, -0.05) is 29.3 Å². The van der Waals surface area contributed by atoms with E-state index in [1.54, 1.807) is 12.1 Å². The summed E-state index contributed by atoms with van der Waals surface area (Å²) in [7, 11) is 0. The number of amides is 1. The molecular weight excluding hydrogens is 348 g/mol. The molecule has 0 aromatic heterocycles. The number of ether oxygens (including phenoxy) is 1. The van der Waals surface area contributed by atoms with Crippen LogP contribution in [0.3, 0.4) is 0 Å². The summed E-state index contributed by atoms with van der Waals surface area (Å²) in [5.74, 6) is 0.556. The Morgan fingerprint density at radius 2 is 1.92 bits per heavy atom. The fourth-order valence-electron chi connectivity index (χ4n) is 2.66. The number of carbonyl (C=O) groups is 1. The van der Waals surface area contributed by atoms with Crippen LogP contribution in [-0.4, -0.2) is 11.6 Å². The zero-order valence-electron chi connectivity index (χ0n) is 14.9. The summed E-state index contributed by atoms with van der Waals surface area (Å²) < 4.78 is 5.77. The Bertz CT molecular complexity index is 870. The van der Waals surface area contributed by atoms with Crippen molar-refractivity contribution in [2.45, 2.75) is 33.3 Å². The van der Waals surface area contributed by atoms with Crippen LogP contribution < -0.4 is 10.2 Å². The number of hydrogen-bond acceptors (Lipinski definition) is 3. The summed E-state index contributed by atoms with van der Waals surface area (Å²) in [5, 5.41) is 4.89. The lowest BCUT2D eigenvalue weighted by Gasteiger charge is -2.08. The van der Waals surface area contributed by atoms with Crippen LogP contribution in [0, 0.1) is 6.92 Å². The monoisotopic (exact) mass is 368 g/mol. The van der Waals surface area contributed by atoms with Gasteiger partial charge in [0.2, 0.25) is 0 Å². The number of benzene rings is 2. The average molecular weight is 369 g/mol. The van der Waals surface area contributed by atoms with Crippen LogP contribution in [0.5, 0.6) is 5.75 Å². The van der Waals surface area contributed by atoms with Gasteiger partial charge in [-0.05, 0) is 74.2 Å². The molecule has 0 saturated heterocycles. The van der Waals surface area contributed by atoms with E-state index in [9.17, 15) is 4.79 Å². The molecule has 0 saturated carbocycles. The second-order valence-electron chi connectivity index (χ2n) is 6.43. The van der Waals surface area contributed by atoms with Crippen LogP contribution in [-0.2, 0) is 6.61 Å². The minimum atomic E-state index is -0.212. The zero-order valence-corrected chi connectivity index (χ0v) is 15.6. The molecule has 2 aromatic rings. The SMILES string of the molecule is CC1=C/C(=N/NC(=O)c2ccc(COc3ccc(Cl)c(C)c3)cc2)CC1. The molecule has 3 rings (SSSR count). The highest BCUT2D eigenvalue weighted by Gasteiger charge is 2.09. The number of aryl methyl sites for hydroxylation is 1. The normalized spacial score (nSPS) is 15.0. The molecule has 1 aliphatic rings. The average Bonchev–Trinajstić information content (AvgIpc) is 3.06. The van der Waals surface area contributed by atoms with Gasteiger partial charge in [-0.3, -0.25) is 4.79 Å². The van der Waals surface area contributed by atoms with Gasteiger partial charge in [0.15, 0.2) is 0 Å². The molecule has 0 atom stereocenters. The molecule has 134 valence electrons. The number of allylic oxidation sites excluding steroid dienone is 2. The Labute approximate surface area is 158 Å². The summed E-state index contributed by atoms with van der Waals surface area (Å²) in [5.41, 5.74) is 7.34. The van der Waals surface area contributed by atoms with Crippen LogP contribution >= 0.6 is 11.6 Å². The number of hydrazone groups is 1. The summed E-state index contributed by atoms with van der Waals surface area (Å²) in [6, 6.07) is 12.9. The summed E-state index contributed by atoms with van der Waals surface area (Å²) in [4.78, 5) is 12.2. The summed E-state index contributed by atoms with van der Waals surface area (Å²) in [6.45, 7) is 4.43. The molecule has 0 aliphatic heterocycles. The molecule has 0 spiro atoms. The molecule has 0 bridgehead atoms. The van der Waals surface area contributed by atoms with Crippen molar-refractivity contribution < 1.29 is 9.53 Å². The van der Waals surface area contributed by atoms with E-state index in [0.29, 0.717) is 12.2 Å². The molecule has 0 fully saturated rings. The van der Waals surface area contributed by atoms with Gasteiger partial charge in [0, 0.05) is 10.6 Å². The number of nitrogens with zero attached hydrogens (tertiary/aromatic N) is 1. The van der Waals surface area contributed by atoms with Gasteiger partial charge in [0.1, 0.15) is 12.4 Å². The Morgan fingerprint density at radius 1 is 1.15 bits per heavy atom. The van der Waals surface area contributed by atoms with Gasteiger partial charge in [-0.2, -0.15) is 5.10 Å². The van der Waals surface area contributed by atoms with Crippen molar-refractivity contribution >= 4 is 23.2 Å². The molecule has 26 heavy (non-hydrogen) atoms. The van der Waals surface area contributed by atoms with Crippen LogP contribution in [0.15, 0.2) is 59.2 Å². The van der Waals surface area contributed by atoms with Crippen molar-refractivity contribution in [3.8, 4) is 5.75 Å². The third-order valence-corrected chi connectivity index (χ3v) is 4.66. The smallest absolute Gasteiger partial charge is 0.271 e. The van der Waals surface area contributed by atoms with E-state index in [4.69, 9.17) is 16.3 Å². The second-order valence-corrected chi connectivity index (χ2v) is 6.84. The van der Waals surface area contributed by atoms with E-state index < -0.39 is 0 Å². The lowest BCUT2D eigenvalue weighted by Crippen LogP contribution is -2.18. The molecule has 0 heterocycles. The number of nitrogens with one attached hydrogen (secondary N) is 1. The third-order valence-electron chi connectivity index (χ3n) is 4.24. The molecule has 4 nitrogen and oxygen atoms in total. The first-order chi connectivity index (χ1) is 12.5. The topological polar surface area (TPSA) is 50.7 Å². The maximum Gasteiger partial charge on any atom is 0.271 e. The lowest BCUT2D eigenvalue weighted by atomic mass is 10.1. The first-order valence-corrected chi connectivity index (χ1v) is 8.91. The van der Waals surface area contributed by atoms with E-state index in [2.05, 4.69) is 17.5 Å². The number of rotatable bonds is 5. The van der Waals surface area contributed by atoms with E-state index in [-0.39, 0.29) is 5.91 Å². The van der Waals surface area contributed by atoms with Crippen molar-refractivity contribution in [3.05, 3.63) is 75.8 Å². The van der Waals surface area contributed by atoms with Gasteiger partial charge in [-0.25, -0.2) is 5.43 Å².